The molecule has 7 heteroatoms. The molecule has 1 unspecified atom stereocenters. The van der Waals surface area contributed by atoms with Crippen LogP contribution in [0.15, 0.2) is 30.3 Å². The van der Waals surface area contributed by atoms with E-state index in [4.69, 9.17) is 5.21 Å². The van der Waals surface area contributed by atoms with Crippen LogP contribution in [0.1, 0.15) is 43.7 Å². The number of amides is 1. The Morgan fingerprint density at radius 3 is 2.75 bits per heavy atom. The fourth-order valence-electron chi connectivity index (χ4n) is 4.01. The SMILES string of the molecule is CC(C)c1cccc(C2=CCNC(C(=O)[C@H]3NC[C@H](O)C[C@@H]3C(=O)NO)C2)c1. The molecule has 0 spiro atoms. The van der Waals surface area contributed by atoms with Gasteiger partial charge in [0.15, 0.2) is 5.78 Å². The molecular weight excluding hydrogens is 358 g/mol. The highest BCUT2D eigenvalue weighted by Gasteiger charge is 2.41. The van der Waals surface area contributed by atoms with Crippen molar-refractivity contribution in [1.82, 2.24) is 16.1 Å². The van der Waals surface area contributed by atoms with Crippen LogP contribution in [0, 0.1) is 5.92 Å². The van der Waals surface area contributed by atoms with Gasteiger partial charge in [-0.15, -0.1) is 0 Å². The van der Waals surface area contributed by atoms with Gasteiger partial charge in [0.2, 0.25) is 5.91 Å². The molecule has 1 aromatic rings. The van der Waals surface area contributed by atoms with Crippen LogP contribution in [0.4, 0.5) is 0 Å². The van der Waals surface area contributed by atoms with E-state index in [9.17, 15) is 14.7 Å². The van der Waals surface area contributed by atoms with E-state index in [0.29, 0.717) is 18.9 Å². The number of hydrogen-bond acceptors (Lipinski definition) is 6. The number of ketones is 1. The molecule has 0 aliphatic carbocycles. The topological polar surface area (TPSA) is 111 Å². The highest BCUT2D eigenvalue weighted by molar-refractivity contribution is 5.96. The molecule has 1 aromatic carbocycles. The van der Waals surface area contributed by atoms with Gasteiger partial charge >= 0.3 is 0 Å². The van der Waals surface area contributed by atoms with E-state index >= 15 is 0 Å². The first kappa shape index (κ1) is 20.7. The van der Waals surface area contributed by atoms with Crippen molar-refractivity contribution in [2.75, 3.05) is 13.1 Å². The van der Waals surface area contributed by atoms with Gasteiger partial charge in [-0.2, -0.15) is 0 Å². The number of carbonyl (C=O) groups is 2. The molecule has 1 saturated heterocycles. The molecule has 7 nitrogen and oxygen atoms in total. The van der Waals surface area contributed by atoms with Gasteiger partial charge in [0.1, 0.15) is 0 Å². The second-order valence-corrected chi connectivity index (χ2v) is 7.93. The summed E-state index contributed by atoms with van der Waals surface area (Å²) in [6, 6.07) is 7.20. The number of benzene rings is 1. The van der Waals surface area contributed by atoms with Crippen molar-refractivity contribution < 1.29 is 19.9 Å². The van der Waals surface area contributed by atoms with E-state index in [1.165, 1.54) is 5.56 Å². The average Bonchev–Trinajstić information content (AvgIpc) is 2.72. The van der Waals surface area contributed by atoms with E-state index < -0.39 is 30.0 Å². The molecule has 2 heterocycles. The summed E-state index contributed by atoms with van der Waals surface area (Å²) < 4.78 is 0. The summed E-state index contributed by atoms with van der Waals surface area (Å²) in [5.74, 6) is -1.15. The number of rotatable bonds is 5. The lowest BCUT2D eigenvalue weighted by molar-refractivity contribution is -0.141. The maximum Gasteiger partial charge on any atom is 0.248 e. The average molecular weight is 387 g/mol. The van der Waals surface area contributed by atoms with Crippen molar-refractivity contribution in [3.05, 3.63) is 41.5 Å². The Kier molecular flexibility index (Phi) is 6.61. The first-order valence-electron chi connectivity index (χ1n) is 9.82. The van der Waals surface area contributed by atoms with Crippen LogP contribution in [-0.2, 0) is 9.59 Å². The Bertz CT molecular complexity index is 762. The number of carbonyl (C=O) groups excluding carboxylic acids is 2. The highest BCUT2D eigenvalue weighted by atomic mass is 16.5. The van der Waals surface area contributed by atoms with Crippen LogP contribution < -0.4 is 16.1 Å². The van der Waals surface area contributed by atoms with Crippen molar-refractivity contribution in [2.24, 2.45) is 5.92 Å². The largest absolute Gasteiger partial charge is 0.392 e. The van der Waals surface area contributed by atoms with Crippen molar-refractivity contribution >= 4 is 17.3 Å². The summed E-state index contributed by atoms with van der Waals surface area (Å²) >= 11 is 0. The van der Waals surface area contributed by atoms with Gasteiger partial charge in [-0.3, -0.25) is 14.8 Å². The van der Waals surface area contributed by atoms with Gasteiger partial charge in [-0.1, -0.05) is 44.2 Å². The molecule has 152 valence electrons. The predicted octanol–water partition coefficient (Wildman–Crippen LogP) is 0.969. The van der Waals surface area contributed by atoms with Crippen molar-refractivity contribution in [3.8, 4) is 0 Å². The Balaban J connectivity index is 1.75. The van der Waals surface area contributed by atoms with Crippen molar-refractivity contribution in [1.29, 1.82) is 0 Å². The summed E-state index contributed by atoms with van der Waals surface area (Å²) in [7, 11) is 0. The smallest absolute Gasteiger partial charge is 0.248 e. The minimum absolute atomic E-state index is 0.119. The van der Waals surface area contributed by atoms with Gasteiger partial charge in [-0.05, 0) is 35.5 Å². The fourth-order valence-corrected chi connectivity index (χ4v) is 4.01. The zero-order valence-corrected chi connectivity index (χ0v) is 16.3. The molecule has 0 radical (unpaired) electrons. The second-order valence-electron chi connectivity index (χ2n) is 7.93. The zero-order valence-electron chi connectivity index (χ0n) is 16.3. The molecule has 1 fully saturated rings. The molecule has 3 rings (SSSR count). The Hall–Kier alpha value is -2.06. The lowest BCUT2D eigenvalue weighted by Crippen LogP contribution is -2.60. The van der Waals surface area contributed by atoms with Crippen LogP contribution in [-0.4, -0.2) is 53.3 Å². The molecule has 5 N–H and O–H groups in total. The Morgan fingerprint density at radius 2 is 2.04 bits per heavy atom. The number of β-amino-alcohol motifs (C(OH)–C–C–N with tert-alkyl or cyclic N) is 1. The van der Waals surface area contributed by atoms with E-state index in [2.05, 4.69) is 48.8 Å². The molecule has 2 aliphatic rings. The monoisotopic (exact) mass is 387 g/mol. The second kappa shape index (κ2) is 8.96. The lowest BCUT2D eigenvalue weighted by atomic mass is 9.81. The van der Waals surface area contributed by atoms with Crippen molar-refractivity contribution in [3.63, 3.8) is 0 Å². The van der Waals surface area contributed by atoms with Crippen LogP contribution in [0.2, 0.25) is 0 Å². The van der Waals surface area contributed by atoms with Gasteiger partial charge < -0.3 is 15.7 Å². The van der Waals surface area contributed by atoms with Gasteiger partial charge in [0.05, 0.1) is 24.1 Å². The van der Waals surface area contributed by atoms with Crippen LogP contribution in [0.25, 0.3) is 5.57 Å². The quantitative estimate of drug-likeness (QED) is 0.380. The number of piperidine rings is 1. The number of nitrogens with one attached hydrogen (secondary N) is 3. The number of hydroxylamine groups is 1. The lowest BCUT2D eigenvalue weighted by Gasteiger charge is -2.35. The minimum Gasteiger partial charge on any atom is -0.392 e. The normalized spacial score (nSPS) is 28.0. The number of aliphatic hydroxyl groups excluding tert-OH is 1. The Morgan fingerprint density at radius 1 is 1.25 bits per heavy atom. The van der Waals surface area contributed by atoms with Gasteiger partial charge in [-0.25, -0.2) is 5.48 Å². The first-order chi connectivity index (χ1) is 13.4. The third-order valence-electron chi connectivity index (χ3n) is 5.66. The third-order valence-corrected chi connectivity index (χ3v) is 5.66. The summed E-state index contributed by atoms with van der Waals surface area (Å²) in [5.41, 5.74) is 5.10. The summed E-state index contributed by atoms with van der Waals surface area (Å²) in [6.45, 7) is 5.12. The van der Waals surface area contributed by atoms with E-state index in [-0.39, 0.29) is 18.7 Å². The van der Waals surface area contributed by atoms with Crippen LogP contribution >= 0.6 is 0 Å². The molecule has 0 saturated carbocycles. The molecule has 2 aliphatic heterocycles. The molecule has 1 amide bonds. The predicted molar refractivity (Wildman–Crippen MR) is 106 cm³/mol. The van der Waals surface area contributed by atoms with Crippen molar-refractivity contribution in [2.45, 2.75) is 50.8 Å². The fraction of sp³-hybridized carbons (Fsp3) is 0.524. The third kappa shape index (κ3) is 4.50. The first-order valence-corrected chi connectivity index (χ1v) is 9.82. The van der Waals surface area contributed by atoms with Crippen LogP contribution in [0.5, 0.6) is 0 Å². The van der Waals surface area contributed by atoms with E-state index in [1.807, 2.05) is 6.07 Å². The summed E-state index contributed by atoms with van der Waals surface area (Å²) in [4.78, 5) is 25.1. The van der Waals surface area contributed by atoms with E-state index in [1.54, 1.807) is 5.48 Å². The molecule has 28 heavy (non-hydrogen) atoms. The molecule has 4 atom stereocenters. The molecule has 0 bridgehead atoms. The number of Topliss-reactive ketones (excluding diaryl/α,β-unsaturated/α-hetero) is 1. The standard InChI is InChI=1S/C21H29N3O4/c1-12(2)13-4-3-5-14(8-13)15-6-7-22-18(9-15)20(26)19-17(21(27)24-28)10-16(25)11-23-19/h3-6,8,12,16-19,22-23,25,28H,7,9-11H2,1-2H3,(H,24,27)/t16-,17+,18?,19+/m1/s1. The minimum atomic E-state index is -0.804. The maximum atomic E-state index is 13.1. The number of hydrogen-bond donors (Lipinski definition) is 5. The maximum absolute atomic E-state index is 13.1. The van der Waals surface area contributed by atoms with Gasteiger partial charge in [0, 0.05) is 13.1 Å². The van der Waals surface area contributed by atoms with E-state index in [0.717, 1.165) is 11.1 Å². The molecule has 0 aromatic heterocycles. The summed E-state index contributed by atoms with van der Waals surface area (Å²) in [5, 5.41) is 25.0. The molecular formula is C21H29N3O4. The Labute approximate surface area is 165 Å². The van der Waals surface area contributed by atoms with Gasteiger partial charge in [0.25, 0.3) is 0 Å². The highest BCUT2D eigenvalue weighted by Crippen LogP contribution is 2.28. The summed E-state index contributed by atoms with van der Waals surface area (Å²) in [6.07, 6.45) is 2.05. The zero-order chi connectivity index (χ0) is 20.3. The van der Waals surface area contributed by atoms with Crippen LogP contribution in [0.3, 0.4) is 0 Å². The number of aliphatic hydroxyl groups is 1.